The van der Waals surface area contributed by atoms with Crippen LogP contribution in [0.1, 0.15) is 78.1 Å². The number of allylic oxidation sites excluding steroid dienone is 2. The Hall–Kier alpha value is -0.970. The van der Waals surface area contributed by atoms with Crippen molar-refractivity contribution in [1.29, 1.82) is 0 Å². The quantitative estimate of drug-likeness (QED) is 0.287. The lowest BCUT2D eigenvalue weighted by Gasteiger charge is -2.26. The van der Waals surface area contributed by atoms with Crippen molar-refractivity contribution in [3.8, 4) is 0 Å². The summed E-state index contributed by atoms with van der Waals surface area (Å²) < 4.78 is 40.1. The molecule has 2 atom stereocenters. The fraction of sp³-hybridized carbons (Fsp3) is 0.810. The van der Waals surface area contributed by atoms with Crippen molar-refractivity contribution >= 4 is 0 Å². The van der Waals surface area contributed by atoms with Gasteiger partial charge in [-0.25, -0.2) is 13.2 Å². The molecule has 1 saturated heterocycles. The van der Waals surface area contributed by atoms with E-state index in [-0.39, 0.29) is 19.0 Å². The first-order valence-corrected chi connectivity index (χ1v) is 10.1. The summed E-state index contributed by atoms with van der Waals surface area (Å²) in [5.41, 5.74) is 2.04. The zero-order valence-corrected chi connectivity index (χ0v) is 16.6. The van der Waals surface area contributed by atoms with Crippen LogP contribution in [0.15, 0.2) is 24.4 Å². The standard InChI is InChI=1S/C21H37F3N2/c1-5-13-21(23,24)14-8-10-17(2)9-6-7-11-18(3)25-19(4)26-15-12-20(22)16-26/h19-20,25H,2-3,5-16H2,1,4H3. The second-order valence-electron chi connectivity index (χ2n) is 7.72. The maximum Gasteiger partial charge on any atom is 0.248 e. The Kier molecular flexibility index (Phi) is 10.4. The smallest absolute Gasteiger partial charge is 0.248 e. The third kappa shape index (κ3) is 9.65. The largest absolute Gasteiger partial charge is 0.374 e. The molecule has 0 aliphatic carbocycles. The van der Waals surface area contributed by atoms with Crippen molar-refractivity contribution in [1.82, 2.24) is 10.2 Å². The normalized spacial score (nSPS) is 19.5. The summed E-state index contributed by atoms with van der Waals surface area (Å²) in [6.07, 6.45) is 5.45. The van der Waals surface area contributed by atoms with Gasteiger partial charge in [0.15, 0.2) is 0 Å². The Bertz CT molecular complexity index is 437. The van der Waals surface area contributed by atoms with E-state index in [1.807, 2.05) is 6.92 Å². The summed E-state index contributed by atoms with van der Waals surface area (Å²) in [4.78, 5) is 2.10. The predicted octanol–water partition coefficient (Wildman–Crippen LogP) is 6.20. The minimum Gasteiger partial charge on any atom is -0.374 e. The number of rotatable bonds is 14. The Labute approximate surface area is 157 Å². The van der Waals surface area contributed by atoms with Gasteiger partial charge in [0.05, 0.1) is 6.17 Å². The van der Waals surface area contributed by atoms with Crippen molar-refractivity contribution < 1.29 is 13.2 Å². The van der Waals surface area contributed by atoms with Crippen molar-refractivity contribution in [2.75, 3.05) is 13.1 Å². The van der Waals surface area contributed by atoms with Crippen molar-refractivity contribution in [2.45, 2.75) is 96.3 Å². The van der Waals surface area contributed by atoms with Gasteiger partial charge in [0.2, 0.25) is 5.92 Å². The molecule has 2 nitrogen and oxygen atoms in total. The number of unbranched alkanes of at least 4 members (excludes halogenated alkanes) is 1. The molecule has 0 bridgehead atoms. The second kappa shape index (κ2) is 11.7. The Morgan fingerprint density at radius 3 is 2.42 bits per heavy atom. The fourth-order valence-corrected chi connectivity index (χ4v) is 3.48. The second-order valence-corrected chi connectivity index (χ2v) is 7.72. The highest BCUT2D eigenvalue weighted by molar-refractivity contribution is 4.96. The van der Waals surface area contributed by atoms with Crippen molar-refractivity contribution in [3.63, 3.8) is 0 Å². The Morgan fingerprint density at radius 2 is 1.81 bits per heavy atom. The highest BCUT2D eigenvalue weighted by atomic mass is 19.3. The number of nitrogens with zero attached hydrogens (tertiary/aromatic N) is 1. The summed E-state index contributed by atoms with van der Waals surface area (Å²) in [6.45, 7) is 13.2. The van der Waals surface area contributed by atoms with E-state index >= 15 is 0 Å². The molecule has 26 heavy (non-hydrogen) atoms. The molecule has 152 valence electrons. The van der Waals surface area contributed by atoms with Crippen LogP contribution in [0.4, 0.5) is 13.2 Å². The van der Waals surface area contributed by atoms with Crippen molar-refractivity contribution in [3.05, 3.63) is 24.4 Å². The molecule has 0 aromatic heterocycles. The van der Waals surface area contributed by atoms with Crippen LogP contribution in [0, 0.1) is 0 Å². The van der Waals surface area contributed by atoms with E-state index in [0.717, 1.165) is 43.5 Å². The van der Waals surface area contributed by atoms with Gasteiger partial charge in [0.1, 0.15) is 6.17 Å². The molecule has 0 spiro atoms. The van der Waals surface area contributed by atoms with Gasteiger partial charge >= 0.3 is 0 Å². The van der Waals surface area contributed by atoms with E-state index in [0.29, 0.717) is 32.2 Å². The molecular weight excluding hydrogens is 337 g/mol. The molecule has 0 aromatic rings. The number of likely N-dealkylation sites (tertiary alicyclic amines) is 1. The molecule has 1 aliphatic rings. The molecule has 0 saturated carbocycles. The van der Waals surface area contributed by atoms with E-state index in [9.17, 15) is 13.2 Å². The minimum atomic E-state index is -2.52. The Balaban J connectivity index is 2.06. The maximum atomic E-state index is 13.4. The lowest BCUT2D eigenvalue weighted by Crippen LogP contribution is -2.41. The topological polar surface area (TPSA) is 15.3 Å². The molecule has 1 fully saturated rings. The Morgan fingerprint density at radius 1 is 1.15 bits per heavy atom. The van der Waals surface area contributed by atoms with E-state index in [1.165, 1.54) is 0 Å². The number of alkyl halides is 3. The average Bonchev–Trinajstić information content (AvgIpc) is 2.98. The molecule has 2 unspecified atom stereocenters. The molecule has 1 rings (SSSR count). The van der Waals surface area contributed by atoms with Crippen molar-refractivity contribution in [2.24, 2.45) is 0 Å². The van der Waals surface area contributed by atoms with Crippen LogP contribution < -0.4 is 5.32 Å². The third-order valence-corrected chi connectivity index (χ3v) is 5.07. The number of hydrogen-bond donors (Lipinski definition) is 1. The first-order valence-electron chi connectivity index (χ1n) is 10.1. The summed E-state index contributed by atoms with van der Waals surface area (Å²) in [5, 5.41) is 3.35. The molecule has 1 aliphatic heterocycles. The first-order chi connectivity index (χ1) is 12.2. The van der Waals surface area contributed by atoms with Gasteiger partial charge in [-0.3, -0.25) is 4.90 Å². The van der Waals surface area contributed by atoms with Crippen LogP contribution in [-0.2, 0) is 0 Å². The van der Waals surface area contributed by atoms with Crippen LogP contribution >= 0.6 is 0 Å². The van der Waals surface area contributed by atoms with Gasteiger partial charge in [-0.1, -0.05) is 32.1 Å². The van der Waals surface area contributed by atoms with Gasteiger partial charge in [0.25, 0.3) is 0 Å². The summed E-state index contributed by atoms with van der Waals surface area (Å²) in [6, 6.07) is 0. The van der Waals surface area contributed by atoms with Crippen LogP contribution in [-0.4, -0.2) is 36.2 Å². The van der Waals surface area contributed by atoms with Gasteiger partial charge in [0, 0.05) is 31.6 Å². The zero-order valence-electron chi connectivity index (χ0n) is 16.6. The van der Waals surface area contributed by atoms with Gasteiger partial charge in [-0.2, -0.15) is 0 Å². The molecule has 0 amide bonds. The summed E-state index contributed by atoms with van der Waals surface area (Å²) in [7, 11) is 0. The maximum absolute atomic E-state index is 13.4. The lowest BCUT2D eigenvalue weighted by atomic mass is 10.00. The monoisotopic (exact) mass is 374 g/mol. The lowest BCUT2D eigenvalue weighted by molar-refractivity contribution is -0.0183. The molecule has 1 N–H and O–H groups in total. The SMILES string of the molecule is C=C(CCCCC(=C)NC(C)N1CCC(F)C1)CCCC(F)(F)CCC. The van der Waals surface area contributed by atoms with Crippen LogP contribution in [0.5, 0.6) is 0 Å². The number of halogens is 3. The van der Waals surface area contributed by atoms with Gasteiger partial charge in [-0.15, -0.1) is 0 Å². The highest BCUT2D eigenvalue weighted by Gasteiger charge is 2.26. The van der Waals surface area contributed by atoms with E-state index in [4.69, 9.17) is 0 Å². The van der Waals surface area contributed by atoms with E-state index in [1.54, 1.807) is 6.92 Å². The molecule has 0 radical (unpaired) electrons. The van der Waals surface area contributed by atoms with Crippen LogP contribution in [0.25, 0.3) is 0 Å². The number of hydrogen-bond acceptors (Lipinski definition) is 2. The third-order valence-electron chi connectivity index (χ3n) is 5.07. The molecule has 5 heteroatoms. The average molecular weight is 375 g/mol. The van der Waals surface area contributed by atoms with Crippen LogP contribution in [0.2, 0.25) is 0 Å². The first kappa shape index (κ1) is 23.1. The minimum absolute atomic E-state index is 0.0174. The van der Waals surface area contributed by atoms with Gasteiger partial charge < -0.3 is 5.32 Å². The zero-order chi connectivity index (χ0) is 19.6. The molecule has 1 heterocycles. The fourth-order valence-electron chi connectivity index (χ4n) is 3.48. The van der Waals surface area contributed by atoms with E-state index < -0.39 is 12.1 Å². The van der Waals surface area contributed by atoms with Crippen LogP contribution in [0.3, 0.4) is 0 Å². The molecule has 0 aromatic carbocycles. The van der Waals surface area contributed by atoms with Gasteiger partial charge in [-0.05, 0) is 51.9 Å². The number of nitrogens with one attached hydrogen (secondary N) is 1. The highest BCUT2D eigenvalue weighted by Crippen LogP contribution is 2.28. The summed E-state index contributed by atoms with van der Waals surface area (Å²) in [5.74, 6) is -2.52. The summed E-state index contributed by atoms with van der Waals surface area (Å²) >= 11 is 0. The molecular formula is C21H37F3N2. The van der Waals surface area contributed by atoms with E-state index in [2.05, 4.69) is 23.4 Å². The predicted molar refractivity (Wildman–Crippen MR) is 104 cm³/mol.